The topological polar surface area (TPSA) is 87.7 Å². The predicted molar refractivity (Wildman–Crippen MR) is 68.9 cm³/mol. The smallest absolute Gasteiger partial charge is 0.315 e. The van der Waals surface area contributed by atoms with E-state index in [2.05, 4.69) is 10.6 Å². The second-order valence-electron chi connectivity index (χ2n) is 5.39. The van der Waals surface area contributed by atoms with Gasteiger partial charge in [0.25, 0.3) is 0 Å². The van der Waals surface area contributed by atoms with Gasteiger partial charge in [-0.1, -0.05) is 0 Å². The second-order valence-corrected chi connectivity index (χ2v) is 5.39. The Hall–Kier alpha value is -1.30. The van der Waals surface area contributed by atoms with Crippen molar-refractivity contribution in [3.05, 3.63) is 0 Å². The van der Waals surface area contributed by atoms with E-state index in [1.165, 1.54) is 0 Å². The zero-order chi connectivity index (χ0) is 13.7. The van der Waals surface area contributed by atoms with Crippen LogP contribution in [-0.2, 0) is 9.53 Å². The molecular weight excluding hydrogens is 248 g/mol. The number of hydrogen-bond donors (Lipinski definition) is 3. The van der Waals surface area contributed by atoms with E-state index in [9.17, 15) is 9.59 Å². The molecule has 1 saturated heterocycles. The fraction of sp³-hybridized carbons (Fsp3) is 0.846. The number of aliphatic carboxylic acids is 1. The van der Waals surface area contributed by atoms with Gasteiger partial charge in [-0.05, 0) is 38.5 Å². The maximum atomic E-state index is 11.8. The van der Waals surface area contributed by atoms with Gasteiger partial charge >= 0.3 is 12.0 Å². The molecule has 108 valence electrons. The number of hydrogen-bond acceptors (Lipinski definition) is 3. The largest absolute Gasteiger partial charge is 0.481 e. The molecule has 3 N–H and O–H groups in total. The van der Waals surface area contributed by atoms with Crippen LogP contribution < -0.4 is 10.6 Å². The van der Waals surface area contributed by atoms with Crippen LogP contribution in [0.3, 0.4) is 0 Å². The van der Waals surface area contributed by atoms with Gasteiger partial charge in [-0.25, -0.2) is 4.79 Å². The van der Waals surface area contributed by atoms with Crippen molar-refractivity contribution in [1.82, 2.24) is 10.6 Å². The third-order valence-electron chi connectivity index (χ3n) is 3.97. The standard InChI is InChI=1S/C13H22N2O4/c16-12(17)9-1-3-10(4-2-9)14-13(18)15-11-5-7-19-8-6-11/h9-11H,1-8H2,(H,16,17)(H2,14,15,18). The molecule has 19 heavy (non-hydrogen) atoms. The highest BCUT2D eigenvalue weighted by atomic mass is 16.5. The van der Waals surface area contributed by atoms with Crippen LogP contribution in [0.1, 0.15) is 38.5 Å². The molecule has 2 rings (SSSR count). The van der Waals surface area contributed by atoms with E-state index in [-0.39, 0.29) is 24.0 Å². The number of urea groups is 1. The summed E-state index contributed by atoms with van der Waals surface area (Å²) in [5.74, 6) is -0.957. The number of nitrogens with one attached hydrogen (secondary N) is 2. The van der Waals surface area contributed by atoms with E-state index < -0.39 is 5.97 Å². The molecule has 1 heterocycles. The van der Waals surface area contributed by atoms with Crippen LogP contribution in [0.25, 0.3) is 0 Å². The SMILES string of the molecule is O=C(NC1CCOCC1)NC1CCC(C(=O)O)CC1. The van der Waals surface area contributed by atoms with Gasteiger partial charge in [-0.2, -0.15) is 0 Å². The molecule has 1 saturated carbocycles. The molecule has 2 fully saturated rings. The van der Waals surface area contributed by atoms with Crippen molar-refractivity contribution in [1.29, 1.82) is 0 Å². The minimum atomic E-state index is -0.717. The van der Waals surface area contributed by atoms with E-state index in [1.54, 1.807) is 0 Å². The molecule has 2 aliphatic rings. The molecule has 0 spiro atoms. The zero-order valence-corrected chi connectivity index (χ0v) is 11.1. The monoisotopic (exact) mass is 270 g/mol. The predicted octanol–water partition coefficient (Wildman–Crippen LogP) is 1.11. The molecule has 0 radical (unpaired) electrons. The van der Waals surface area contributed by atoms with Crippen LogP contribution in [0, 0.1) is 5.92 Å². The molecule has 0 aromatic rings. The quantitative estimate of drug-likeness (QED) is 0.717. The number of carboxylic acids is 1. The first kappa shape index (κ1) is 14.1. The van der Waals surface area contributed by atoms with Crippen molar-refractivity contribution in [2.75, 3.05) is 13.2 Å². The molecule has 2 amide bonds. The fourth-order valence-corrected chi connectivity index (χ4v) is 2.74. The van der Waals surface area contributed by atoms with Crippen molar-refractivity contribution >= 4 is 12.0 Å². The van der Waals surface area contributed by atoms with Crippen LogP contribution >= 0.6 is 0 Å². The van der Waals surface area contributed by atoms with Crippen LogP contribution in [0.4, 0.5) is 4.79 Å². The Kier molecular flexibility index (Phi) is 5.01. The van der Waals surface area contributed by atoms with Crippen LogP contribution in [0.2, 0.25) is 0 Å². The Labute approximate surface area is 112 Å². The van der Waals surface area contributed by atoms with Gasteiger partial charge in [0.05, 0.1) is 5.92 Å². The summed E-state index contributed by atoms with van der Waals surface area (Å²) in [6, 6.07) is 0.172. The highest BCUT2D eigenvalue weighted by Gasteiger charge is 2.27. The van der Waals surface area contributed by atoms with E-state index >= 15 is 0 Å². The first-order chi connectivity index (χ1) is 9.15. The summed E-state index contributed by atoms with van der Waals surface area (Å²) in [6.45, 7) is 1.41. The minimum absolute atomic E-state index is 0.107. The van der Waals surface area contributed by atoms with E-state index in [0.717, 1.165) is 25.7 Å². The van der Waals surface area contributed by atoms with Crippen molar-refractivity contribution in [3.8, 4) is 0 Å². The third-order valence-corrected chi connectivity index (χ3v) is 3.97. The lowest BCUT2D eigenvalue weighted by atomic mass is 9.86. The first-order valence-electron chi connectivity index (χ1n) is 7.02. The molecule has 1 aliphatic heterocycles. The lowest BCUT2D eigenvalue weighted by Crippen LogP contribution is -2.48. The molecule has 1 aliphatic carbocycles. The van der Waals surface area contributed by atoms with Gasteiger partial charge < -0.3 is 20.5 Å². The summed E-state index contributed by atoms with van der Waals surface area (Å²) in [5.41, 5.74) is 0. The summed E-state index contributed by atoms with van der Waals surface area (Å²) in [5, 5.41) is 14.8. The Morgan fingerprint density at radius 1 is 0.895 bits per heavy atom. The summed E-state index contributed by atoms with van der Waals surface area (Å²) < 4.78 is 5.24. The minimum Gasteiger partial charge on any atom is -0.481 e. The van der Waals surface area contributed by atoms with Crippen molar-refractivity contribution in [3.63, 3.8) is 0 Å². The first-order valence-corrected chi connectivity index (χ1v) is 7.02. The second kappa shape index (κ2) is 6.75. The summed E-state index contributed by atoms with van der Waals surface area (Å²) in [6.07, 6.45) is 4.52. The van der Waals surface area contributed by atoms with Crippen molar-refractivity contribution in [2.45, 2.75) is 50.6 Å². The molecule has 6 nitrogen and oxygen atoms in total. The van der Waals surface area contributed by atoms with Crippen molar-refractivity contribution < 1.29 is 19.4 Å². The van der Waals surface area contributed by atoms with Gasteiger partial charge in [0.2, 0.25) is 0 Å². The third kappa shape index (κ3) is 4.38. The van der Waals surface area contributed by atoms with Crippen LogP contribution in [0.15, 0.2) is 0 Å². The molecule has 0 bridgehead atoms. The number of rotatable bonds is 3. The molecule has 0 aromatic carbocycles. The summed E-state index contributed by atoms with van der Waals surface area (Å²) in [7, 11) is 0. The maximum absolute atomic E-state index is 11.8. The fourth-order valence-electron chi connectivity index (χ4n) is 2.74. The number of carbonyl (C=O) groups excluding carboxylic acids is 1. The molecule has 0 unspecified atom stereocenters. The van der Waals surface area contributed by atoms with Gasteiger partial charge in [0.15, 0.2) is 0 Å². The van der Waals surface area contributed by atoms with Crippen LogP contribution in [0.5, 0.6) is 0 Å². The zero-order valence-electron chi connectivity index (χ0n) is 11.1. The number of carbonyl (C=O) groups is 2. The molecular formula is C13H22N2O4. The van der Waals surface area contributed by atoms with Gasteiger partial charge in [0, 0.05) is 25.3 Å². The molecule has 0 aromatic heterocycles. The lowest BCUT2D eigenvalue weighted by molar-refractivity contribution is -0.142. The van der Waals surface area contributed by atoms with E-state index in [4.69, 9.17) is 9.84 Å². The lowest BCUT2D eigenvalue weighted by Gasteiger charge is -2.28. The van der Waals surface area contributed by atoms with Gasteiger partial charge in [0.1, 0.15) is 0 Å². The number of carboxylic acid groups (broad SMARTS) is 1. The Morgan fingerprint density at radius 2 is 1.42 bits per heavy atom. The summed E-state index contributed by atoms with van der Waals surface area (Å²) in [4.78, 5) is 22.6. The Bertz CT molecular complexity index is 321. The molecule has 6 heteroatoms. The van der Waals surface area contributed by atoms with Crippen LogP contribution in [-0.4, -0.2) is 42.4 Å². The molecule has 0 atom stereocenters. The number of amides is 2. The van der Waals surface area contributed by atoms with Gasteiger partial charge in [-0.15, -0.1) is 0 Å². The Balaban J connectivity index is 1.67. The maximum Gasteiger partial charge on any atom is 0.315 e. The normalized spacial score (nSPS) is 28.6. The van der Waals surface area contributed by atoms with Gasteiger partial charge in [-0.3, -0.25) is 4.79 Å². The highest BCUT2D eigenvalue weighted by Crippen LogP contribution is 2.24. The van der Waals surface area contributed by atoms with Crippen molar-refractivity contribution in [2.24, 2.45) is 5.92 Å². The highest BCUT2D eigenvalue weighted by molar-refractivity contribution is 5.74. The average Bonchev–Trinajstić information content (AvgIpc) is 2.40. The number of ether oxygens (including phenoxy) is 1. The summed E-state index contributed by atoms with van der Waals surface area (Å²) >= 11 is 0. The van der Waals surface area contributed by atoms with E-state index in [0.29, 0.717) is 26.1 Å². The van der Waals surface area contributed by atoms with E-state index in [1.807, 2.05) is 0 Å². The average molecular weight is 270 g/mol. The Morgan fingerprint density at radius 3 is 1.95 bits per heavy atom.